The van der Waals surface area contributed by atoms with Gasteiger partial charge in [0.2, 0.25) is 0 Å². The van der Waals surface area contributed by atoms with Crippen molar-refractivity contribution in [1.29, 1.82) is 0 Å². The third-order valence-corrected chi connectivity index (χ3v) is 8.70. The molecule has 0 saturated heterocycles. The summed E-state index contributed by atoms with van der Waals surface area (Å²) in [5.74, 6) is -0.159. The maximum atomic E-state index is 14.2. The molecular formula is C30H34ClFN2O3. The van der Waals surface area contributed by atoms with E-state index in [2.05, 4.69) is 20.8 Å². The number of rotatable bonds is 5. The summed E-state index contributed by atoms with van der Waals surface area (Å²) in [6.45, 7) is 6.83. The topological polar surface area (TPSA) is 59.0 Å². The van der Waals surface area contributed by atoms with Gasteiger partial charge in [0.1, 0.15) is 17.2 Å². The molecule has 196 valence electrons. The van der Waals surface area contributed by atoms with Crippen molar-refractivity contribution in [2.24, 2.45) is 22.2 Å². The van der Waals surface area contributed by atoms with Gasteiger partial charge in [-0.3, -0.25) is 9.79 Å². The van der Waals surface area contributed by atoms with E-state index >= 15 is 0 Å². The summed E-state index contributed by atoms with van der Waals surface area (Å²) in [5.41, 5.74) is 1.91. The summed E-state index contributed by atoms with van der Waals surface area (Å²) in [4.78, 5) is 33.4. The Bertz CT molecular complexity index is 1240. The quantitative estimate of drug-likeness (QED) is 0.396. The summed E-state index contributed by atoms with van der Waals surface area (Å²) in [7, 11) is 1.37. The van der Waals surface area contributed by atoms with Gasteiger partial charge in [-0.15, -0.1) is 0 Å². The lowest BCUT2D eigenvalue weighted by Gasteiger charge is -2.47. The Labute approximate surface area is 223 Å². The number of benzene rings is 2. The van der Waals surface area contributed by atoms with E-state index in [1.54, 1.807) is 18.2 Å². The highest BCUT2D eigenvalue weighted by Crippen LogP contribution is 2.54. The highest BCUT2D eigenvalue weighted by Gasteiger charge is 2.55. The van der Waals surface area contributed by atoms with Crippen molar-refractivity contribution in [3.05, 3.63) is 70.0 Å². The maximum absolute atomic E-state index is 14.2. The molecule has 1 heterocycles. The van der Waals surface area contributed by atoms with Gasteiger partial charge in [-0.25, -0.2) is 9.18 Å². The predicted molar refractivity (Wildman–Crippen MR) is 142 cm³/mol. The molecule has 5 nitrogen and oxygen atoms in total. The summed E-state index contributed by atoms with van der Waals surface area (Å²) in [6, 6.07) is 11.6. The van der Waals surface area contributed by atoms with Crippen LogP contribution in [-0.4, -0.2) is 35.3 Å². The van der Waals surface area contributed by atoms with E-state index in [0.717, 1.165) is 44.1 Å². The number of esters is 1. The normalized spacial score (nSPS) is 24.8. The first-order valence-electron chi connectivity index (χ1n) is 13.1. The van der Waals surface area contributed by atoms with Crippen LogP contribution in [0.3, 0.4) is 0 Å². The fraction of sp³-hybridized carbons (Fsp3) is 0.500. The zero-order valence-electron chi connectivity index (χ0n) is 21.9. The molecule has 2 saturated carbocycles. The molecule has 2 fully saturated rings. The van der Waals surface area contributed by atoms with E-state index < -0.39 is 11.5 Å². The highest BCUT2D eigenvalue weighted by atomic mass is 35.5. The molecule has 37 heavy (non-hydrogen) atoms. The SMILES string of the molecule is COC(=O)c1ccc([C@@H](C2CC2)N2C(=O)C(c3ccc(F)c(Cl)c3)=NC23CCC(C(C)(C)C)CC3)cc1. The largest absolute Gasteiger partial charge is 0.465 e. The van der Waals surface area contributed by atoms with Crippen molar-refractivity contribution < 1.29 is 18.7 Å². The molecule has 2 aromatic carbocycles. The monoisotopic (exact) mass is 524 g/mol. The number of amides is 1. The molecule has 3 aliphatic rings. The molecule has 2 aliphatic carbocycles. The predicted octanol–water partition coefficient (Wildman–Crippen LogP) is 6.98. The lowest BCUT2D eigenvalue weighted by atomic mass is 9.69. The number of hydrogen-bond acceptors (Lipinski definition) is 4. The van der Waals surface area contributed by atoms with Crippen molar-refractivity contribution in [2.75, 3.05) is 7.11 Å². The molecule has 7 heteroatoms. The van der Waals surface area contributed by atoms with Gasteiger partial charge in [-0.2, -0.15) is 0 Å². The molecule has 1 spiro atoms. The highest BCUT2D eigenvalue weighted by molar-refractivity contribution is 6.47. The molecule has 1 amide bonds. The van der Waals surface area contributed by atoms with Gasteiger partial charge in [0, 0.05) is 5.56 Å². The number of carbonyl (C=O) groups excluding carboxylic acids is 2. The van der Waals surface area contributed by atoms with Gasteiger partial charge < -0.3 is 9.64 Å². The molecule has 5 rings (SSSR count). The maximum Gasteiger partial charge on any atom is 0.337 e. The number of halogens is 2. The van der Waals surface area contributed by atoms with E-state index in [1.165, 1.54) is 19.2 Å². The van der Waals surface area contributed by atoms with Gasteiger partial charge in [-0.1, -0.05) is 44.5 Å². The van der Waals surface area contributed by atoms with Crippen molar-refractivity contribution >= 4 is 29.2 Å². The molecule has 0 aromatic heterocycles. The molecule has 0 N–H and O–H groups in total. The van der Waals surface area contributed by atoms with Crippen molar-refractivity contribution in [3.63, 3.8) is 0 Å². The molecule has 2 aromatic rings. The van der Waals surface area contributed by atoms with Crippen LogP contribution in [0.2, 0.25) is 5.02 Å². The van der Waals surface area contributed by atoms with E-state index in [-0.39, 0.29) is 28.4 Å². The van der Waals surface area contributed by atoms with E-state index in [4.69, 9.17) is 21.3 Å². The zero-order valence-corrected chi connectivity index (χ0v) is 22.6. The Hall–Kier alpha value is -2.73. The second-order valence-electron chi connectivity index (χ2n) is 11.8. The molecule has 0 unspecified atom stereocenters. The minimum absolute atomic E-state index is 0.0194. The Morgan fingerprint density at radius 3 is 2.30 bits per heavy atom. The Morgan fingerprint density at radius 2 is 1.76 bits per heavy atom. The number of carbonyl (C=O) groups is 2. The van der Waals surface area contributed by atoms with E-state index in [1.807, 2.05) is 17.0 Å². The van der Waals surface area contributed by atoms with Crippen LogP contribution in [0.5, 0.6) is 0 Å². The third-order valence-electron chi connectivity index (χ3n) is 8.41. The summed E-state index contributed by atoms with van der Waals surface area (Å²) < 4.78 is 18.8. The smallest absolute Gasteiger partial charge is 0.337 e. The minimum Gasteiger partial charge on any atom is -0.465 e. The Morgan fingerprint density at radius 1 is 1.11 bits per heavy atom. The van der Waals surface area contributed by atoms with Gasteiger partial charge in [0.15, 0.2) is 0 Å². The van der Waals surface area contributed by atoms with Gasteiger partial charge in [0.25, 0.3) is 5.91 Å². The van der Waals surface area contributed by atoms with Crippen LogP contribution in [0.25, 0.3) is 0 Å². The lowest BCUT2D eigenvalue weighted by Crippen LogP contribution is -2.52. The first kappa shape index (κ1) is 25.9. The standard InChI is InChI=1S/C30H34ClFN2O3/c1-29(2,3)22-13-15-30(16-14-22)33-25(21-11-12-24(32)23(31)17-21)27(35)34(30)26(18-5-6-18)19-7-9-20(10-8-19)28(36)37-4/h7-12,17-18,22,26H,5-6,13-16H2,1-4H3/t22?,26-,30?/m1/s1. The molecular weight excluding hydrogens is 491 g/mol. The van der Waals surface area contributed by atoms with Gasteiger partial charge in [0.05, 0.1) is 23.7 Å². The number of nitrogens with zero attached hydrogens (tertiary/aromatic N) is 2. The average molecular weight is 525 g/mol. The molecule has 1 atom stereocenters. The van der Waals surface area contributed by atoms with Gasteiger partial charge in [-0.05, 0) is 91.7 Å². The molecule has 1 aliphatic heterocycles. The zero-order chi connectivity index (χ0) is 26.5. The third kappa shape index (κ3) is 4.81. The lowest BCUT2D eigenvalue weighted by molar-refractivity contribution is -0.134. The van der Waals surface area contributed by atoms with Crippen LogP contribution >= 0.6 is 11.6 Å². The fourth-order valence-corrected chi connectivity index (χ4v) is 6.29. The Kier molecular flexibility index (Phi) is 6.68. The van der Waals surface area contributed by atoms with Crippen LogP contribution in [-0.2, 0) is 9.53 Å². The van der Waals surface area contributed by atoms with Gasteiger partial charge >= 0.3 is 5.97 Å². The first-order chi connectivity index (χ1) is 17.5. The van der Waals surface area contributed by atoms with Crippen molar-refractivity contribution in [3.8, 4) is 0 Å². The second kappa shape index (κ2) is 9.54. The Balaban J connectivity index is 1.56. The fourth-order valence-electron chi connectivity index (χ4n) is 6.11. The number of methoxy groups -OCH3 is 1. The average Bonchev–Trinajstić information content (AvgIpc) is 3.68. The van der Waals surface area contributed by atoms with E-state index in [9.17, 15) is 14.0 Å². The number of ether oxygens (including phenoxy) is 1. The summed E-state index contributed by atoms with van der Waals surface area (Å²) in [6.07, 6.45) is 5.59. The van der Waals surface area contributed by atoms with E-state index in [0.29, 0.717) is 28.7 Å². The van der Waals surface area contributed by atoms with Crippen LogP contribution in [0, 0.1) is 23.1 Å². The second-order valence-corrected chi connectivity index (χ2v) is 12.2. The number of aliphatic imine (C=N–C) groups is 1. The van der Waals surface area contributed by atoms with Crippen molar-refractivity contribution in [1.82, 2.24) is 4.90 Å². The van der Waals surface area contributed by atoms with Crippen LogP contribution < -0.4 is 0 Å². The van der Waals surface area contributed by atoms with Crippen LogP contribution in [0.15, 0.2) is 47.5 Å². The summed E-state index contributed by atoms with van der Waals surface area (Å²) in [5, 5.41) is -0.0194. The first-order valence-corrected chi connectivity index (χ1v) is 13.5. The number of hydrogen-bond donors (Lipinski definition) is 0. The molecule has 0 radical (unpaired) electrons. The van der Waals surface area contributed by atoms with Crippen LogP contribution in [0.4, 0.5) is 4.39 Å². The van der Waals surface area contributed by atoms with Crippen LogP contribution in [0.1, 0.15) is 86.8 Å². The minimum atomic E-state index is -0.649. The molecule has 0 bridgehead atoms. The van der Waals surface area contributed by atoms with Crippen molar-refractivity contribution in [2.45, 2.75) is 71.0 Å². The summed E-state index contributed by atoms with van der Waals surface area (Å²) >= 11 is 6.10.